The first kappa shape index (κ1) is 24.6. The Hall–Kier alpha value is -4.04. The van der Waals surface area contributed by atoms with Crippen molar-refractivity contribution in [1.82, 2.24) is 10.3 Å². The molecule has 2 aliphatic heterocycles. The Morgan fingerprint density at radius 3 is 2.70 bits per heavy atom. The SMILES string of the molecule is Cc1cc2ccc1CCCC(=O)Nc1ccc(S)c(c1)CNC(=O)[C@@H]2Nc1ccc2c(N)nccc2c1. The van der Waals surface area contributed by atoms with E-state index in [4.69, 9.17) is 5.73 Å². The van der Waals surface area contributed by atoms with E-state index in [2.05, 4.69) is 39.6 Å². The van der Waals surface area contributed by atoms with Gasteiger partial charge in [0.2, 0.25) is 11.8 Å². The topological polar surface area (TPSA) is 109 Å². The minimum atomic E-state index is -0.622. The fourth-order valence-electron chi connectivity index (χ4n) is 4.69. The quantitative estimate of drug-likeness (QED) is 0.239. The predicted molar refractivity (Wildman–Crippen MR) is 151 cm³/mol. The molecule has 37 heavy (non-hydrogen) atoms. The monoisotopic (exact) mass is 511 g/mol. The van der Waals surface area contributed by atoms with Gasteiger partial charge >= 0.3 is 0 Å². The van der Waals surface area contributed by atoms with Crippen LogP contribution >= 0.6 is 12.6 Å². The third-order valence-electron chi connectivity index (χ3n) is 6.73. The summed E-state index contributed by atoms with van der Waals surface area (Å²) in [6.45, 7) is 2.32. The summed E-state index contributed by atoms with van der Waals surface area (Å²) in [5, 5.41) is 11.2. The second-order valence-electron chi connectivity index (χ2n) is 9.36. The maximum Gasteiger partial charge on any atom is 0.247 e. The van der Waals surface area contributed by atoms with Crippen LogP contribution in [0.3, 0.4) is 0 Å². The van der Waals surface area contributed by atoms with E-state index in [0.29, 0.717) is 17.9 Å². The number of aromatic nitrogens is 1. The molecule has 4 aromatic rings. The van der Waals surface area contributed by atoms with Crippen molar-refractivity contribution in [3.05, 3.63) is 89.1 Å². The first-order valence-corrected chi connectivity index (χ1v) is 12.7. The van der Waals surface area contributed by atoms with E-state index in [1.165, 1.54) is 0 Å². The van der Waals surface area contributed by atoms with Crippen LogP contribution in [0.2, 0.25) is 0 Å². The van der Waals surface area contributed by atoms with E-state index in [1.54, 1.807) is 6.20 Å². The van der Waals surface area contributed by atoms with Crippen LogP contribution in [-0.2, 0) is 22.6 Å². The van der Waals surface area contributed by atoms with Gasteiger partial charge in [-0.2, -0.15) is 0 Å². The smallest absolute Gasteiger partial charge is 0.247 e. The Kier molecular flexibility index (Phi) is 7.01. The number of rotatable bonds is 2. The average molecular weight is 512 g/mol. The lowest BCUT2D eigenvalue weighted by atomic mass is 9.96. The molecule has 0 radical (unpaired) electrons. The molecule has 3 heterocycles. The number of fused-ring (bicyclic) bond motifs is 10. The summed E-state index contributed by atoms with van der Waals surface area (Å²) in [5.41, 5.74) is 11.4. The molecule has 0 unspecified atom stereocenters. The molecular formula is C29H29N5O2S. The highest BCUT2D eigenvalue weighted by molar-refractivity contribution is 7.80. The lowest BCUT2D eigenvalue weighted by Crippen LogP contribution is -2.33. The maximum absolute atomic E-state index is 13.6. The lowest BCUT2D eigenvalue weighted by Gasteiger charge is -2.22. The van der Waals surface area contributed by atoms with Gasteiger partial charge in [-0.15, -0.1) is 12.6 Å². The van der Waals surface area contributed by atoms with Crippen LogP contribution in [0.1, 0.15) is 41.1 Å². The van der Waals surface area contributed by atoms with Gasteiger partial charge in [0.15, 0.2) is 0 Å². The molecule has 0 spiro atoms. The largest absolute Gasteiger partial charge is 0.383 e. The van der Waals surface area contributed by atoms with Gasteiger partial charge in [0.1, 0.15) is 11.9 Å². The second-order valence-corrected chi connectivity index (χ2v) is 9.84. The molecule has 0 fully saturated rings. The second kappa shape index (κ2) is 10.5. The molecule has 8 heteroatoms. The van der Waals surface area contributed by atoms with Crippen molar-refractivity contribution in [2.45, 2.75) is 43.7 Å². The van der Waals surface area contributed by atoms with Crippen molar-refractivity contribution >= 4 is 52.4 Å². The molecular weight excluding hydrogens is 482 g/mol. The third kappa shape index (κ3) is 5.54. The van der Waals surface area contributed by atoms with E-state index in [9.17, 15) is 9.59 Å². The summed E-state index contributed by atoms with van der Waals surface area (Å²) in [4.78, 5) is 30.9. The van der Waals surface area contributed by atoms with Gasteiger partial charge < -0.3 is 21.7 Å². The molecule has 6 rings (SSSR count). The molecule has 188 valence electrons. The van der Waals surface area contributed by atoms with Crippen LogP contribution in [0.25, 0.3) is 10.8 Å². The molecule has 0 aliphatic carbocycles. The number of pyridine rings is 1. The number of hydrogen-bond donors (Lipinski definition) is 5. The normalized spacial score (nSPS) is 16.3. The number of anilines is 3. The summed E-state index contributed by atoms with van der Waals surface area (Å²) >= 11 is 4.55. The minimum absolute atomic E-state index is 0.0274. The van der Waals surface area contributed by atoms with Crippen LogP contribution in [0.4, 0.5) is 17.2 Å². The van der Waals surface area contributed by atoms with Crippen LogP contribution in [-0.4, -0.2) is 16.8 Å². The molecule has 2 amide bonds. The summed E-state index contributed by atoms with van der Waals surface area (Å²) in [6.07, 6.45) is 3.63. The molecule has 4 bridgehead atoms. The summed E-state index contributed by atoms with van der Waals surface area (Å²) in [5.74, 6) is 0.273. The van der Waals surface area contributed by atoms with E-state index < -0.39 is 6.04 Å². The van der Waals surface area contributed by atoms with Gasteiger partial charge in [-0.25, -0.2) is 4.98 Å². The number of benzene rings is 3. The maximum atomic E-state index is 13.6. The van der Waals surface area contributed by atoms with Crippen molar-refractivity contribution in [3.63, 3.8) is 0 Å². The number of nitrogens with one attached hydrogen (secondary N) is 3. The number of carbonyl (C=O) groups is 2. The summed E-state index contributed by atoms with van der Waals surface area (Å²) < 4.78 is 0. The number of nitrogens with two attached hydrogens (primary N) is 1. The first-order chi connectivity index (χ1) is 17.9. The Morgan fingerprint density at radius 2 is 1.86 bits per heavy atom. The first-order valence-electron chi connectivity index (χ1n) is 12.3. The van der Waals surface area contributed by atoms with E-state index in [0.717, 1.165) is 56.5 Å². The highest BCUT2D eigenvalue weighted by Gasteiger charge is 2.22. The fourth-order valence-corrected chi connectivity index (χ4v) is 4.91. The Labute approximate surface area is 221 Å². The molecule has 5 N–H and O–H groups in total. The van der Waals surface area contributed by atoms with Crippen LogP contribution in [0.5, 0.6) is 0 Å². The van der Waals surface area contributed by atoms with Gasteiger partial charge in [0.05, 0.1) is 0 Å². The fraction of sp³-hybridized carbons (Fsp3) is 0.207. The highest BCUT2D eigenvalue weighted by atomic mass is 32.1. The Bertz CT molecular complexity index is 1500. The zero-order chi connectivity index (χ0) is 25.9. The van der Waals surface area contributed by atoms with Gasteiger partial charge in [0, 0.05) is 40.8 Å². The summed E-state index contributed by atoms with van der Waals surface area (Å²) in [6, 6.07) is 18.7. The van der Waals surface area contributed by atoms with Gasteiger partial charge in [-0.3, -0.25) is 9.59 Å². The van der Waals surface area contributed by atoms with Gasteiger partial charge in [0.25, 0.3) is 0 Å². The van der Waals surface area contributed by atoms with Gasteiger partial charge in [-0.1, -0.05) is 18.2 Å². The number of nitrogen functional groups attached to an aromatic ring is 1. The van der Waals surface area contributed by atoms with E-state index >= 15 is 0 Å². The minimum Gasteiger partial charge on any atom is -0.383 e. The molecule has 0 saturated carbocycles. The number of thiol groups is 1. The zero-order valence-corrected chi connectivity index (χ0v) is 21.4. The van der Waals surface area contributed by atoms with Crippen LogP contribution in [0.15, 0.2) is 71.8 Å². The highest BCUT2D eigenvalue weighted by Crippen LogP contribution is 2.28. The molecule has 3 aromatic carbocycles. The van der Waals surface area contributed by atoms with E-state index in [-0.39, 0.29) is 18.4 Å². The molecule has 2 aliphatic rings. The van der Waals surface area contributed by atoms with Crippen molar-refractivity contribution in [1.29, 1.82) is 0 Å². The van der Waals surface area contributed by atoms with Crippen LogP contribution in [0, 0.1) is 6.92 Å². The summed E-state index contributed by atoms with van der Waals surface area (Å²) in [7, 11) is 0. The van der Waals surface area contributed by atoms with Crippen molar-refractivity contribution in [2.24, 2.45) is 0 Å². The number of aryl methyl sites for hydroxylation is 2. The number of amides is 2. The average Bonchev–Trinajstić information content (AvgIpc) is 2.88. The zero-order valence-electron chi connectivity index (χ0n) is 20.5. The third-order valence-corrected chi connectivity index (χ3v) is 7.17. The molecule has 1 atom stereocenters. The number of nitrogens with zero attached hydrogens (tertiary/aromatic N) is 1. The Morgan fingerprint density at radius 1 is 1.00 bits per heavy atom. The molecule has 1 aromatic heterocycles. The molecule has 7 nitrogen and oxygen atoms in total. The standard InChI is InChI=1S/C29H29N5O2S/c1-17-13-20-6-5-18(17)3-2-4-26(35)33-22-8-10-25(37)21(15-22)16-32-29(36)27(20)34-23-7-9-24-19(14-23)11-12-31-28(24)30/h5-15,27,34,37H,2-4,16H2,1H3,(H2,30,31)(H,32,36)(H,33,35)/t27-/m1/s1. The predicted octanol–water partition coefficient (Wildman–Crippen LogP) is 5.16. The molecule has 0 saturated heterocycles. The Balaban J connectivity index is 1.50. The van der Waals surface area contributed by atoms with Crippen molar-refractivity contribution in [2.75, 3.05) is 16.4 Å². The number of carbonyl (C=O) groups excluding carboxylic acids is 2. The van der Waals surface area contributed by atoms with Crippen molar-refractivity contribution < 1.29 is 9.59 Å². The van der Waals surface area contributed by atoms with Crippen LogP contribution < -0.4 is 21.7 Å². The van der Waals surface area contributed by atoms with Gasteiger partial charge in [-0.05, 0) is 89.9 Å². The van der Waals surface area contributed by atoms with Crippen molar-refractivity contribution in [3.8, 4) is 0 Å². The van der Waals surface area contributed by atoms with E-state index in [1.807, 2.05) is 61.5 Å². The lowest BCUT2D eigenvalue weighted by molar-refractivity contribution is -0.122. The number of hydrogen-bond acceptors (Lipinski definition) is 6.